The molecule has 236 valence electrons. The van der Waals surface area contributed by atoms with Crippen molar-refractivity contribution in [2.24, 2.45) is 0 Å². The van der Waals surface area contributed by atoms with Gasteiger partial charge in [-0.15, -0.1) is 0 Å². The Morgan fingerprint density at radius 2 is 0.574 bits per heavy atom. The monoisotopic (exact) mass is 674 g/mol. The third-order valence-electron chi connectivity index (χ3n) is 6.27. The Bertz CT molecular complexity index is 1580. The van der Waals surface area contributed by atoms with Gasteiger partial charge in [0.1, 0.15) is 0 Å². The molecule has 0 aliphatic heterocycles. The number of aliphatic carboxylic acids is 2. The van der Waals surface area contributed by atoms with Gasteiger partial charge < -0.3 is 19.8 Å². The van der Waals surface area contributed by atoms with Gasteiger partial charge in [-0.25, -0.2) is 0 Å². The summed E-state index contributed by atoms with van der Waals surface area (Å²) in [6.45, 7) is 1.94. The Morgan fingerprint density at radius 3 is 0.787 bits per heavy atom. The first-order valence-corrected chi connectivity index (χ1v) is 18.0. The summed E-state index contributed by atoms with van der Waals surface area (Å²) in [6, 6.07) is 61.5. The Kier molecular flexibility index (Phi) is 13.8. The van der Waals surface area contributed by atoms with Gasteiger partial charge in [0.25, 0.3) is 0 Å². The molecule has 7 heteroatoms. The lowest BCUT2D eigenvalue weighted by Crippen LogP contribution is -2.16. The van der Waals surface area contributed by atoms with Gasteiger partial charge in [0, 0.05) is 21.7 Å². The maximum atomic E-state index is 8.89. The fraction of sp³-hybridized carbons (Fsp3) is 0.0500. The molecular formula is C40H34O4S3. The zero-order chi connectivity index (χ0) is 33.4. The van der Waals surface area contributed by atoms with Crippen LogP contribution in [0.5, 0.6) is 0 Å². The van der Waals surface area contributed by atoms with Crippen molar-refractivity contribution >= 4 is 45.5 Å². The van der Waals surface area contributed by atoms with E-state index in [2.05, 4.69) is 170 Å². The minimum atomic E-state index is -1.08. The van der Waals surface area contributed by atoms with Gasteiger partial charge >= 0.3 is 0 Å². The van der Waals surface area contributed by atoms with E-state index in [4.69, 9.17) is 19.8 Å². The minimum Gasteiger partial charge on any atom is -0.550 e. The number of carboxylic acid groups (broad SMARTS) is 2. The summed E-state index contributed by atoms with van der Waals surface area (Å²) in [7, 11) is -0.245. The van der Waals surface area contributed by atoms with Crippen LogP contribution in [0.15, 0.2) is 209 Å². The maximum absolute atomic E-state index is 8.89. The second-order valence-corrected chi connectivity index (χ2v) is 15.1. The molecule has 0 fully saturated rings. The smallest absolute Gasteiger partial charge is 0.166 e. The highest BCUT2D eigenvalue weighted by Crippen LogP contribution is 2.36. The van der Waals surface area contributed by atoms with Crippen LogP contribution in [0.3, 0.4) is 0 Å². The van der Waals surface area contributed by atoms with Crippen molar-refractivity contribution in [2.45, 2.75) is 53.0 Å². The lowest BCUT2D eigenvalue weighted by atomic mass is 10.3. The van der Waals surface area contributed by atoms with E-state index in [1.807, 2.05) is 11.8 Å². The average Bonchev–Trinajstić information content (AvgIpc) is 3.08. The van der Waals surface area contributed by atoms with Crippen molar-refractivity contribution in [1.82, 2.24) is 0 Å². The molecule has 47 heavy (non-hydrogen) atoms. The van der Waals surface area contributed by atoms with Crippen LogP contribution in [-0.2, 0) is 31.4 Å². The summed E-state index contributed by atoms with van der Waals surface area (Å²) in [6.07, 6.45) is 0. The van der Waals surface area contributed by atoms with Gasteiger partial charge in [0.2, 0.25) is 0 Å². The maximum Gasteiger partial charge on any atom is 0.166 e. The fourth-order valence-corrected chi connectivity index (χ4v) is 9.45. The van der Waals surface area contributed by atoms with Crippen LogP contribution in [-0.4, -0.2) is 11.9 Å². The molecule has 0 aliphatic carbocycles. The van der Waals surface area contributed by atoms with Crippen LogP contribution in [0.2, 0.25) is 0 Å². The SMILES string of the molecule is CC(=O)[O-].CC(=O)[O-].c1ccc([S+](c2ccccc2)c2ccc(Sc3ccc([S+](c4ccccc4)c4ccccc4)cc3)cc2)cc1. The lowest BCUT2D eigenvalue weighted by molar-refractivity contribution is -0.303. The number of carbonyl (C=O) groups is 2. The molecule has 0 amide bonds. The number of benzene rings is 6. The van der Waals surface area contributed by atoms with Crippen molar-refractivity contribution in [2.75, 3.05) is 0 Å². The summed E-state index contributed by atoms with van der Waals surface area (Å²) in [5.74, 6) is -2.17. The Hall–Kier alpha value is -4.69. The quantitative estimate of drug-likeness (QED) is 0.156. The predicted molar refractivity (Wildman–Crippen MR) is 188 cm³/mol. The summed E-state index contributed by atoms with van der Waals surface area (Å²) in [5.41, 5.74) is 0. The van der Waals surface area contributed by atoms with E-state index in [-0.39, 0.29) is 21.8 Å². The first-order chi connectivity index (χ1) is 22.8. The normalized spacial score (nSPS) is 10.3. The van der Waals surface area contributed by atoms with Gasteiger partial charge in [-0.2, -0.15) is 0 Å². The van der Waals surface area contributed by atoms with Crippen molar-refractivity contribution in [3.63, 3.8) is 0 Å². The molecule has 4 nitrogen and oxygen atoms in total. The van der Waals surface area contributed by atoms with E-state index >= 15 is 0 Å². The van der Waals surface area contributed by atoms with Crippen molar-refractivity contribution in [3.05, 3.63) is 170 Å². The minimum absolute atomic E-state index is 0.123. The molecule has 0 aliphatic rings. The largest absolute Gasteiger partial charge is 0.550 e. The molecule has 6 aromatic carbocycles. The third kappa shape index (κ3) is 11.3. The van der Waals surface area contributed by atoms with Crippen LogP contribution in [0, 0.1) is 0 Å². The van der Waals surface area contributed by atoms with Crippen LogP contribution in [0.4, 0.5) is 0 Å². The topological polar surface area (TPSA) is 80.3 Å². The van der Waals surface area contributed by atoms with E-state index in [0.717, 1.165) is 13.8 Å². The molecule has 0 aromatic heterocycles. The molecule has 0 saturated carbocycles. The van der Waals surface area contributed by atoms with Crippen LogP contribution < -0.4 is 10.2 Å². The fourth-order valence-electron chi connectivity index (χ4n) is 4.47. The number of carbonyl (C=O) groups excluding carboxylic acids is 2. The van der Waals surface area contributed by atoms with Crippen molar-refractivity contribution in [3.8, 4) is 0 Å². The number of rotatable bonds is 8. The zero-order valence-electron chi connectivity index (χ0n) is 26.0. The Morgan fingerprint density at radius 1 is 0.383 bits per heavy atom. The predicted octanol–water partition coefficient (Wildman–Crippen LogP) is 7.54. The van der Waals surface area contributed by atoms with E-state index in [9.17, 15) is 0 Å². The van der Waals surface area contributed by atoms with Crippen molar-refractivity contribution in [1.29, 1.82) is 0 Å². The van der Waals surface area contributed by atoms with E-state index in [1.54, 1.807) is 0 Å². The summed E-state index contributed by atoms with van der Waals surface area (Å²) in [4.78, 5) is 28.3. The number of hydrogen-bond donors (Lipinski definition) is 0. The first kappa shape index (κ1) is 35.2. The summed E-state index contributed by atoms with van der Waals surface area (Å²) in [5, 5.41) is 17.8. The zero-order valence-corrected chi connectivity index (χ0v) is 28.5. The molecule has 0 bridgehead atoms. The van der Waals surface area contributed by atoms with Crippen LogP contribution in [0.1, 0.15) is 13.8 Å². The van der Waals surface area contributed by atoms with Gasteiger partial charge in [0.05, 0.1) is 21.8 Å². The Balaban J connectivity index is 0.000000564. The highest BCUT2D eigenvalue weighted by molar-refractivity contribution is 7.99. The van der Waals surface area contributed by atoms with E-state index < -0.39 is 11.9 Å². The first-order valence-electron chi connectivity index (χ1n) is 14.7. The van der Waals surface area contributed by atoms with Crippen LogP contribution in [0.25, 0.3) is 0 Å². The van der Waals surface area contributed by atoms with E-state index in [1.165, 1.54) is 39.2 Å². The third-order valence-corrected chi connectivity index (χ3v) is 11.7. The number of carboxylic acids is 2. The molecular weight excluding hydrogens is 641 g/mol. The highest BCUT2D eigenvalue weighted by Gasteiger charge is 2.29. The molecule has 0 atom stereocenters. The number of hydrogen-bond acceptors (Lipinski definition) is 5. The molecule has 0 N–H and O–H groups in total. The summed E-state index contributed by atoms with van der Waals surface area (Å²) < 4.78 is 0. The van der Waals surface area contributed by atoms with Gasteiger partial charge in [0.15, 0.2) is 29.4 Å². The molecule has 0 unspecified atom stereocenters. The molecule has 0 radical (unpaired) electrons. The van der Waals surface area contributed by atoms with Gasteiger partial charge in [-0.3, -0.25) is 0 Å². The van der Waals surface area contributed by atoms with Gasteiger partial charge in [-0.05, 0) is 111 Å². The molecule has 6 aromatic rings. The summed E-state index contributed by atoms with van der Waals surface area (Å²) >= 11 is 1.82. The second kappa shape index (κ2) is 18.5. The lowest BCUT2D eigenvalue weighted by Gasteiger charge is -2.10. The molecule has 0 saturated heterocycles. The standard InChI is InChI=1S/C36H28S3.2C2H4O2/c1-5-13-31(14-6-1)38(32-15-7-2-8-16-32)35-25-21-29(22-26-35)37-30-23-27-36(28-24-30)39(33-17-9-3-10-18-33)34-19-11-4-12-20-34;2*1-2(3)4/h1-28H;2*1H3,(H,3,4)/q+2;;/p-2. The second-order valence-electron chi connectivity index (χ2n) is 9.89. The average molecular weight is 675 g/mol. The van der Waals surface area contributed by atoms with Gasteiger partial charge in [-0.1, -0.05) is 84.6 Å². The highest BCUT2D eigenvalue weighted by atomic mass is 32.2. The van der Waals surface area contributed by atoms with Crippen molar-refractivity contribution < 1.29 is 19.8 Å². The molecule has 0 heterocycles. The molecule has 0 spiro atoms. The van der Waals surface area contributed by atoms with E-state index in [0.29, 0.717) is 0 Å². The van der Waals surface area contributed by atoms with Crippen LogP contribution >= 0.6 is 11.8 Å². The molecule has 6 rings (SSSR count). The Labute approximate surface area is 286 Å².